The van der Waals surface area contributed by atoms with E-state index in [2.05, 4.69) is 39.8 Å². The summed E-state index contributed by atoms with van der Waals surface area (Å²) in [5.74, 6) is -0.0316. The molecular formula is C20H31N3O2. The molecule has 0 aromatic heterocycles. The maximum atomic E-state index is 11.9. The van der Waals surface area contributed by atoms with Crippen molar-refractivity contribution in [2.45, 2.75) is 51.3 Å². The van der Waals surface area contributed by atoms with Gasteiger partial charge in [0.25, 0.3) is 0 Å². The van der Waals surface area contributed by atoms with Gasteiger partial charge in [-0.15, -0.1) is 0 Å². The molecule has 138 valence electrons. The molecule has 0 bridgehead atoms. The number of hydrogen-bond donors (Lipinski definition) is 2. The quantitative estimate of drug-likeness (QED) is 0.794. The van der Waals surface area contributed by atoms with Crippen molar-refractivity contribution in [1.82, 2.24) is 15.5 Å². The minimum absolute atomic E-state index is 0.0316. The van der Waals surface area contributed by atoms with Crippen LogP contribution in [-0.4, -0.2) is 49.7 Å². The number of nitrogens with one attached hydrogen (secondary N) is 2. The van der Waals surface area contributed by atoms with Crippen LogP contribution in [0.3, 0.4) is 0 Å². The van der Waals surface area contributed by atoms with Gasteiger partial charge in [0.1, 0.15) is 6.61 Å². The van der Waals surface area contributed by atoms with Gasteiger partial charge in [-0.25, -0.2) is 0 Å². The summed E-state index contributed by atoms with van der Waals surface area (Å²) in [4.78, 5) is 14.5. The van der Waals surface area contributed by atoms with E-state index >= 15 is 0 Å². The molecule has 0 spiro atoms. The molecule has 0 unspecified atom stereocenters. The first-order valence-electron chi connectivity index (χ1n) is 9.69. The predicted octanol–water partition coefficient (Wildman–Crippen LogP) is 2.06. The van der Waals surface area contributed by atoms with Crippen molar-refractivity contribution in [2.75, 3.05) is 32.8 Å². The zero-order valence-corrected chi connectivity index (χ0v) is 15.1. The fraction of sp³-hybridized carbons (Fsp3) is 0.650. The second-order valence-electron chi connectivity index (χ2n) is 7.19. The summed E-state index contributed by atoms with van der Waals surface area (Å²) in [5, 5.41) is 6.24. The lowest BCUT2D eigenvalue weighted by molar-refractivity contribution is -0.128. The van der Waals surface area contributed by atoms with E-state index in [0.29, 0.717) is 6.54 Å². The van der Waals surface area contributed by atoms with E-state index in [-0.39, 0.29) is 18.6 Å². The molecule has 2 fully saturated rings. The first-order valence-corrected chi connectivity index (χ1v) is 9.69. The summed E-state index contributed by atoms with van der Waals surface area (Å²) in [5.41, 5.74) is 2.49. The van der Waals surface area contributed by atoms with Crippen molar-refractivity contribution in [2.24, 2.45) is 0 Å². The topological polar surface area (TPSA) is 53.6 Å². The number of nitrogens with zero attached hydrogens (tertiary/aromatic N) is 1. The van der Waals surface area contributed by atoms with Crippen LogP contribution >= 0.6 is 0 Å². The second kappa shape index (κ2) is 9.90. The number of rotatable bonds is 7. The SMILES string of the molecule is O=C(COC1CCNCC1)NCc1ccc(CN2CCCCC2)cc1. The van der Waals surface area contributed by atoms with Gasteiger partial charge in [0, 0.05) is 13.1 Å². The molecule has 2 aliphatic rings. The smallest absolute Gasteiger partial charge is 0.246 e. The van der Waals surface area contributed by atoms with Crippen LogP contribution in [0, 0.1) is 0 Å². The lowest BCUT2D eigenvalue weighted by Crippen LogP contribution is -2.35. The fourth-order valence-corrected chi connectivity index (χ4v) is 3.55. The number of likely N-dealkylation sites (tertiary alicyclic amines) is 1. The molecular weight excluding hydrogens is 314 g/mol. The molecule has 0 aliphatic carbocycles. The van der Waals surface area contributed by atoms with Gasteiger partial charge in [0.15, 0.2) is 0 Å². The lowest BCUT2D eigenvalue weighted by Gasteiger charge is -2.26. The molecule has 1 amide bonds. The summed E-state index contributed by atoms with van der Waals surface area (Å²) in [6, 6.07) is 8.60. The van der Waals surface area contributed by atoms with Crippen molar-refractivity contribution < 1.29 is 9.53 Å². The molecule has 3 rings (SSSR count). The van der Waals surface area contributed by atoms with Crippen molar-refractivity contribution in [3.8, 4) is 0 Å². The Morgan fingerprint density at radius 3 is 2.48 bits per heavy atom. The Bertz CT molecular complexity index is 520. The standard InChI is InChI=1S/C20H31N3O2/c24-20(16-25-19-8-10-21-11-9-19)22-14-17-4-6-18(7-5-17)15-23-12-2-1-3-13-23/h4-7,19,21H,1-3,8-16H2,(H,22,24). The van der Waals surface area contributed by atoms with Crippen molar-refractivity contribution in [3.05, 3.63) is 35.4 Å². The Kier molecular flexibility index (Phi) is 7.27. The molecule has 0 saturated carbocycles. The monoisotopic (exact) mass is 345 g/mol. The fourth-order valence-electron chi connectivity index (χ4n) is 3.55. The minimum atomic E-state index is -0.0316. The van der Waals surface area contributed by atoms with E-state index in [9.17, 15) is 4.79 Å². The molecule has 2 aliphatic heterocycles. The zero-order chi connectivity index (χ0) is 17.3. The summed E-state index contributed by atoms with van der Waals surface area (Å²) < 4.78 is 5.68. The van der Waals surface area contributed by atoms with E-state index in [0.717, 1.165) is 38.0 Å². The molecule has 2 saturated heterocycles. The van der Waals surface area contributed by atoms with Gasteiger partial charge in [-0.1, -0.05) is 30.7 Å². The Morgan fingerprint density at radius 2 is 1.76 bits per heavy atom. The number of carbonyl (C=O) groups is 1. The molecule has 0 atom stereocenters. The summed E-state index contributed by atoms with van der Waals surface area (Å²) in [6.45, 7) is 6.17. The van der Waals surface area contributed by atoms with Gasteiger partial charge >= 0.3 is 0 Å². The second-order valence-corrected chi connectivity index (χ2v) is 7.19. The maximum Gasteiger partial charge on any atom is 0.246 e. The van der Waals surface area contributed by atoms with E-state index in [1.807, 2.05) is 0 Å². The highest BCUT2D eigenvalue weighted by atomic mass is 16.5. The first-order chi connectivity index (χ1) is 12.3. The zero-order valence-electron chi connectivity index (χ0n) is 15.1. The van der Waals surface area contributed by atoms with Crippen molar-refractivity contribution in [1.29, 1.82) is 0 Å². The highest BCUT2D eigenvalue weighted by Crippen LogP contribution is 2.13. The third-order valence-electron chi connectivity index (χ3n) is 5.10. The molecule has 2 heterocycles. The summed E-state index contributed by atoms with van der Waals surface area (Å²) in [7, 11) is 0. The Balaban J connectivity index is 1.35. The molecule has 1 aromatic carbocycles. The number of benzene rings is 1. The number of ether oxygens (including phenoxy) is 1. The van der Waals surface area contributed by atoms with Crippen LogP contribution in [-0.2, 0) is 22.6 Å². The molecule has 5 nitrogen and oxygen atoms in total. The van der Waals surface area contributed by atoms with Gasteiger partial charge in [0.2, 0.25) is 5.91 Å². The number of carbonyl (C=O) groups excluding carboxylic acids is 1. The average Bonchev–Trinajstić information content (AvgIpc) is 2.67. The highest BCUT2D eigenvalue weighted by Gasteiger charge is 2.14. The van der Waals surface area contributed by atoms with E-state index in [1.54, 1.807) is 0 Å². The van der Waals surface area contributed by atoms with Crippen LogP contribution in [0.5, 0.6) is 0 Å². The Labute approximate surface area is 151 Å². The third kappa shape index (κ3) is 6.42. The van der Waals surface area contributed by atoms with Gasteiger partial charge in [0.05, 0.1) is 6.10 Å². The normalized spacial score (nSPS) is 19.7. The molecule has 0 radical (unpaired) electrons. The molecule has 25 heavy (non-hydrogen) atoms. The molecule has 1 aromatic rings. The van der Waals surface area contributed by atoms with Crippen LogP contribution < -0.4 is 10.6 Å². The summed E-state index contributed by atoms with van der Waals surface area (Å²) in [6.07, 6.45) is 6.22. The first kappa shape index (κ1) is 18.4. The molecule has 5 heteroatoms. The number of amides is 1. The van der Waals surface area contributed by atoms with E-state index in [1.165, 1.54) is 37.9 Å². The average molecular weight is 345 g/mol. The predicted molar refractivity (Wildman–Crippen MR) is 99.3 cm³/mol. The highest BCUT2D eigenvalue weighted by molar-refractivity contribution is 5.77. The van der Waals surface area contributed by atoms with Crippen LogP contribution in [0.25, 0.3) is 0 Å². The minimum Gasteiger partial charge on any atom is -0.368 e. The number of hydrogen-bond acceptors (Lipinski definition) is 4. The van der Waals surface area contributed by atoms with Gasteiger partial charge < -0.3 is 15.4 Å². The van der Waals surface area contributed by atoms with E-state index < -0.39 is 0 Å². The summed E-state index contributed by atoms with van der Waals surface area (Å²) >= 11 is 0. The maximum absolute atomic E-state index is 11.9. The Hall–Kier alpha value is -1.43. The van der Waals surface area contributed by atoms with Gasteiger partial charge in [-0.05, 0) is 63.0 Å². The van der Waals surface area contributed by atoms with Crippen molar-refractivity contribution in [3.63, 3.8) is 0 Å². The number of piperidine rings is 2. The Morgan fingerprint density at radius 1 is 1.08 bits per heavy atom. The van der Waals surface area contributed by atoms with Crippen LogP contribution in [0.1, 0.15) is 43.2 Å². The van der Waals surface area contributed by atoms with Crippen molar-refractivity contribution >= 4 is 5.91 Å². The third-order valence-corrected chi connectivity index (χ3v) is 5.10. The van der Waals surface area contributed by atoms with E-state index in [4.69, 9.17) is 4.74 Å². The van der Waals surface area contributed by atoms with Crippen LogP contribution in [0.4, 0.5) is 0 Å². The van der Waals surface area contributed by atoms with Gasteiger partial charge in [-0.3, -0.25) is 9.69 Å². The van der Waals surface area contributed by atoms with Crippen LogP contribution in [0.2, 0.25) is 0 Å². The van der Waals surface area contributed by atoms with Crippen LogP contribution in [0.15, 0.2) is 24.3 Å². The van der Waals surface area contributed by atoms with Gasteiger partial charge in [-0.2, -0.15) is 0 Å². The molecule has 2 N–H and O–H groups in total. The largest absolute Gasteiger partial charge is 0.368 e. The lowest BCUT2D eigenvalue weighted by atomic mass is 10.1.